The monoisotopic (exact) mass is 378 g/mol. The van der Waals surface area contributed by atoms with Gasteiger partial charge in [-0.2, -0.15) is 13.2 Å². The first-order valence-electron chi connectivity index (χ1n) is 7.87. The first kappa shape index (κ1) is 20.0. The van der Waals surface area contributed by atoms with Gasteiger partial charge in [-0.15, -0.1) is 0 Å². The Morgan fingerprint density at radius 2 is 1.77 bits per heavy atom. The van der Waals surface area contributed by atoms with Gasteiger partial charge in [0.1, 0.15) is 5.82 Å². The average molecular weight is 378 g/mol. The molecule has 144 valence electrons. The number of amides is 2. The Labute approximate surface area is 147 Å². The van der Waals surface area contributed by atoms with E-state index in [1.807, 2.05) is 0 Å². The summed E-state index contributed by atoms with van der Waals surface area (Å²) < 4.78 is 64.8. The number of rotatable bonds is 4. The quantitative estimate of drug-likeness (QED) is 0.644. The maximum atomic E-state index is 14.0. The number of halogens is 4. The third-order valence-corrected chi connectivity index (χ3v) is 3.88. The molecule has 2 rings (SSSR count). The van der Waals surface area contributed by atoms with E-state index in [0.29, 0.717) is 0 Å². The second kappa shape index (κ2) is 7.90. The number of hydrogen-bond acceptors (Lipinski definition) is 4. The van der Waals surface area contributed by atoms with Crippen molar-refractivity contribution < 1.29 is 36.6 Å². The number of urea groups is 1. The fraction of sp³-hybridized carbons (Fsp3) is 0.500. The predicted molar refractivity (Wildman–Crippen MR) is 81.7 cm³/mol. The summed E-state index contributed by atoms with van der Waals surface area (Å²) in [6, 6.07) is 2.04. The van der Waals surface area contributed by atoms with E-state index in [2.05, 4.69) is 4.74 Å². The zero-order valence-corrected chi connectivity index (χ0v) is 13.9. The van der Waals surface area contributed by atoms with Crippen molar-refractivity contribution in [3.8, 4) is 0 Å². The lowest BCUT2D eigenvalue weighted by molar-refractivity contribution is -0.214. The van der Waals surface area contributed by atoms with E-state index in [9.17, 15) is 27.2 Å². The molecule has 10 heteroatoms. The Balaban J connectivity index is 2.49. The summed E-state index contributed by atoms with van der Waals surface area (Å²) in [7, 11) is 0. The van der Waals surface area contributed by atoms with Crippen LogP contribution in [0.15, 0.2) is 24.3 Å². The van der Waals surface area contributed by atoms with Crippen LogP contribution in [-0.4, -0.2) is 56.0 Å². The molecule has 0 spiro atoms. The van der Waals surface area contributed by atoms with Crippen molar-refractivity contribution in [2.24, 2.45) is 0 Å². The molecule has 1 heterocycles. The van der Waals surface area contributed by atoms with Crippen LogP contribution in [0.2, 0.25) is 0 Å². The summed E-state index contributed by atoms with van der Waals surface area (Å²) in [5.41, 5.74) is -4.10. The minimum absolute atomic E-state index is 0.0754. The van der Waals surface area contributed by atoms with Crippen LogP contribution in [0.1, 0.15) is 12.5 Å². The van der Waals surface area contributed by atoms with Gasteiger partial charge in [-0.1, -0.05) is 12.1 Å². The normalized spacial score (nSPS) is 17.3. The molecule has 0 radical (unpaired) electrons. The van der Waals surface area contributed by atoms with Crippen LogP contribution in [0, 0.1) is 5.82 Å². The number of benzene rings is 1. The number of nitrogens with one attached hydrogen (secondary N) is 1. The number of nitrogens with zero attached hydrogens (tertiary/aromatic N) is 1. The standard InChI is InChI=1S/C16H18F4N2O4/c1-2-26-13(23)15(16(18,19)20,11-3-5-12(17)6-4-11)21-14(24)22-7-9-25-10-8-22/h3-6H,2,7-10H2,1H3,(H,21,24)/t15-/m1/s1. The summed E-state index contributed by atoms with van der Waals surface area (Å²) in [6.45, 7) is 1.50. The number of hydrogen-bond donors (Lipinski definition) is 1. The van der Waals surface area contributed by atoms with Crippen molar-refractivity contribution in [3.05, 3.63) is 35.6 Å². The van der Waals surface area contributed by atoms with Crippen molar-refractivity contribution in [2.75, 3.05) is 32.9 Å². The lowest BCUT2D eigenvalue weighted by Crippen LogP contribution is -2.64. The number of ether oxygens (including phenoxy) is 2. The van der Waals surface area contributed by atoms with E-state index >= 15 is 0 Å². The number of morpholine rings is 1. The maximum Gasteiger partial charge on any atom is 0.426 e. The summed E-state index contributed by atoms with van der Waals surface area (Å²) in [5.74, 6) is -2.48. The fourth-order valence-corrected chi connectivity index (χ4v) is 2.54. The van der Waals surface area contributed by atoms with Gasteiger partial charge in [-0.3, -0.25) is 0 Å². The highest BCUT2D eigenvalue weighted by Crippen LogP contribution is 2.40. The summed E-state index contributed by atoms with van der Waals surface area (Å²) >= 11 is 0. The highest BCUT2D eigenvalue weighted by Gasteiger charge is 2.64. The Morgan fingerprint density at radius 1 is 1.19 bits per heavy atom. The zero-order valence-electron chi connectivity index (χ0n) is 13.9. The van der Waals surface area contributed by atoms with Gasteiger partial charge < -0.3 is 19.7 Å². The Hall–Kier alpha value is -2.36. The van der Waals surface area contributed by atoms with Gasteiger partial charge >= 0.3 is 18.2 Å². The molecule has 1 N–H and O–H groups in total. The van der Waals surface area contributed by atoms with Crippen molar-refractivity contribution in [2.45, 2.75) is 18.6 Å². The predicted octanol–water partition coefficient (Wildman–Crippen LogP) is 2.19. The van der Waals surface area contributed by atoms with E-state index < -0.39 is 35.1 Å². The molecule has 0 unspecified atom stereocenters. The lowest BCUT2D eigenvalue weighted by Gasteiger charge is -2.37. The van der Waals surface area contributed by atoms with Crippen molar-refractivity contribution in [1.29, 1.82) is 0 Å². The van der Waals surface area contributed by atoms with E-state index in [1.54, 1.807) is 5.32 Å². The number of carbonyl (C=O) groups is 2. The van der Waals surface area contributed by atoms with Crippen molar-refractivity contribution in [1.82, 2.24) is 10.2 Å². The third kappa shape index (κ3) is 3.90. The van der Waals surface area contributed by atoms with Crippen molar-refractivity contribution in [3.63, 3.8) is 0 Å². The molecule has 26 heavy (non-hydrogen) atoms. The zero-order chi connectivity index (χ0) is 19.4. The largest absolute Gasteiger partial charge is 0.464 e. The fourth-order valence-electron chi connectivity index (χ4n) is 2.54. The molecule has 0 bridgehead atoms. The molecule has 0 saturated carbocycles. The molecule has 1 aromatic rings. The third-order valence-electron chi connectivity index (χ3n) is 3.88. The van der Waals surface area contributed by atoms with E-state index in [-0.39, 0.29) is 32.9 Å². The van der Waals surface area contributed by atoms with Crippen LogP contribution < -0.4 is 5.32 Å². The molecule has 1 atom stereocenters. The summed E-state index contributed by atoms with van der Waals surface area (Å²) in [6.07, 6.45) is -5.22. The first-order chi connectivity index (χ1) is 12.2. The van der Waals surface area contributed by atoms with Gasteiger partial charge in [0.15, 0.2) is 0 Å². The molecule has 1 aromatic carbocycles. The molecule has 1 saturated heterocycles. The van der Waals surface area contributed by atoms with Gasteiger partial charge in [0.05, 0.1) is 19.8 Å². The molecular formula is C16H18F4N2O4. The van der Waals surface area contributed by atoms with Crippen LogP contribution in [0.25, 0.3) is 0 Å². The minimum Gasteiger partial charge on any atom is -0.464 e. The number of alkyl halides is 3. The summed E-state index contributed by atoms with van der Waals surface area (Å²) in [5, 5.41) is 1.77. The van der Waals surface area contributed by atoms with E-state index in [0.717, 1.165) is 29.2 Å². The second-order valence-electron chi connectivity index (χ2n) is 5.50. The molecule has 6 nitrogen and oxygen atoms in total. The number of esters is 1. The molecule has 2 amide bonds. The molecule has 1 aliphatic heterocycles. The molecular weight excluding hydrogens is 360 g/mol. The maximum absolute atomic E-state index is 14.0. The molecule has 0 aliphatic carbocycles. The van der Waals surface area contributed by atoms with E-state index in [4.69, 9.17) is 4.74 Å². The molecule has 1 aliphatic rings. The summed E-state index contributed by atoms with van der Waals surface area (Å²) in [4.78, 5) is 25.8. The topological polar surface area (TPSA) is 67.9 Å². The van der Waals surface area contributed by atoms with Crippen LogP contribution >= 0.6 is 0 Å². The van der Waals surface area contributed by atoms with Gasteiger partial charge in [0.2, 0.25) is 0 Å². The van der Waals surface area contributed by atoms with E-state index in [1.165, 1.54) is 6.92 Å². The Kier molecular flexibility index (Phi) is 6.06. The minimum atomic E-state index is -5.22. The SMILES string of the molecule is CCOC(=O)[C@](NC(=O)N1CCOCC1)(c1ccc(F)cc1)C(F)(F)F. The molecule has 0 aromatic heterocycles. The van der Waals surface area contributed by atoms with Crippen LogP contribution in [-0.2, 0) is 19.8 Å². The van der Waals surface area contributed by atoms with Crippen LogP contribution in [0.3, 0.4) is 0 Å². The smallest absolute Gasteiger partial charge is 0.426 e. The Bertz CT molecular complexity index is 645. The van der Waals surface area contributed by atoms with Crippen molar-refractivity contribution >= 4 is 12.0 Å². The lowest BCUT2D eigenvalue weighted by atomic mass is 9.89. The van der Waals surface area contributed by atoms with Crippen LogP contribution in [0.5, 0.6) is 0 Å². The molecule has 1 fully saturated rings. The second-order valence-corrected chi connectivity index (χ2v) is 5.50. The number of carbonyl (C=O) groups excluding carboxylic acids is 2. The van der Waals surface area contributed by atoms with Gasteiger partial charge in [-0.05, 0) is 24.6 Å². The highest BCUT2D eigenvalue weighted by molar-refractivity contribution is 5.89. The highest BCUT2D eigenvalue weighted by atomic mass is 19.4. The Morgan fingerprint density at radius 3 is 2.27 bits per heavy atom. The van der Waals surface area contributed by atoms with Gasteiger partial charge in [-0.25, -0.2) is 14.0 Å². The van der Waals surface area contributed by atoms with Gasteiger partial charge in [0, 0.05) is 13.1 Å². The average Bonchev–Trinajstić information content (AvgIpc) is 2.60. The van der Waals surface area contributed by atoms with Gasteiger partial charge in [0.25, 0.3) is 5.54 Å². The first-order valence-corrected chi connectivity index (χ1v) is 7.87. The van der Waals surface area contributed by atoms with Crippen LogP contribution in [0.4, 0.5) is 22.4 Å².